The van der Waals surface area contributed by atoms with Crippen molar-refractivity contribution in [3.05, 3.63) is 323 Å². The molecule has 11 rings (SSSR count). The number of ether oxygens (including phenoxy) is 14. The van der Waals surface area contributed by atoms with Gasteiger partial charge in [-0.05, 0) is 82.9 Å². The number of aliphatic hydroxyl groups excluding tert-OH is 1. The Hall–Kier alpha value is -10.1. The Morgan fingerprint density at radius 1 is 0.379 bits per heavy atom. The van der Waals surface area contributed by atoms with Gasteiger partial charge in [-0.2, -0.15) is 0 Å². The van der Waals surface area contributed by atoms with E-state index in [9.17, 15) is 29.1 Å². The van der Waals surface area contributed by atoms with Crippen molar-refractivity contribution in [1.82, 2.24) is 0 Å². The summed E-state index contributed by atoms with van der Waals surface area (Å²) in [6.07, 6.45) is -19.2. The second-order valence-electron chi connectivity index (χ2n) is 24.7. The molecule has 2 fully saturated rings. The van der Waals surface area contributed by atoms with Gasteiger partial charge in [-0.15, -0.1) is 0 Å². The molecule has 0 aromatic heterocycles. The van der Waals surface area contributed by atoms with Gasteiger partial charge in [0.05, 0.1) is 67.5 Å². The number of carbonyl (C=O) groups excluding carboxylic acids is 5. The monoisotopic (exact) mass is 1400 g/mol. The van der Waals surface area contributed by atoms with E-state index in [2.05, 4.69) is 0 Å². The molecule has 2 heterocycles. The lowest BCUT2D eigenvalue weighted by Crippen LogP contribution is -2.67. The number of esters is 5. The molecule has 0 radical (unpaired) electrons. The highest BCUT2D eigenvalue weighted by molar-refractivity contribution is 5.91. The highest BCUT2D eigenvalue weighted by Crippen LogP contribution is 2.38. The Labute approximate surface area is 598 Å². The number of rotatable bonds is 34. The summed E-state index contributed by atoms with van der Waals surface area (Å²) in [5, 5.41) is 13.7. The van der Waals surface area contributed by atoms with E-state index >= 15 is 0 Å². The van der Waals surface area contributed by atoms with Gasteiger partial charge in [0, 0.05) is 13.0 Å². The van der Waals surface area contributed by atoms with E-state index in [1.165, 1.54) is 7.11 Å². The van der Waals surface area contributed by atoms with Crippen LogP contribution in [-0.4, -0.2) is 148 Å². The van der Waals surface area contributed by atoms with Crippen LogP contribution in [0.2, 0.25) is 0 Å². The molecule has 1 N–H and O–H groups in total. The van der Waals surface area contributed by atoms with E-state index in [1.54, 1.807) is 159 Å². The van der Waals surface area contributed by atoms with Gasteiger partial charge in [-0.1, -0.05) is 219 Å². The normalized spacial score (nSPS) is 21.3. The Morgan fingerprint density at radius 2 is 0.748 bits per heavy atom. The predicted octanol–water partition coefficient (Wildman–Crippen LogP) is 12.2. The molecule has 20 heteroatoms. The first-order valence-electron chi connectivity index (χ1n) is 34.1. The van der Waals surface area contributed by atoms with Crippen molar-refractivity contribution >= 4 is 29.8 Å². The number of aliphatic hydroxyl groups is 1. The van der Waals surface area contributed by atoms with Crippen LogP contribution in [0.1, 0.15) is 81.0 Å². The van der Waals surface area contributed by atoms with Gasteiger partial charge in [0.15, 0.2) is 24.8 Å². The average molecular weight is 1400 g/mol. The molecule has 534 valence electrons. The second kappa shape index (κ2) is 38.3. The van der Waals surface area contributed by atoms with Gasteiger partial charge in [0.25, 0.3) is 0 Å². The minimum Gasteiger partial charge on any atom is -0.459 e. The number of carbonyl (C=O) groups is 5. The van der Waals surface area contributed by atoms with Crippen molar-refractivity contribution in [1.29, 1.82) is 0 Å². The lowest BCUT2D eigenvalue weighted by atomic mass is 9.92. The molecule has 0 amide bonds. The third-order valence-corrected chi connectivity index (χ3v) is 17.4. The maximum atomic E-state index is 14.5. The van der Waals surface area contributed by atoms with Gasteiger partial charge < -0.3 is 71.4 Å². The fourth-order valence-corrected chi connectivity index (χ4v) is 12.0. The minimum absolute atomic E-state index is 0.0197. The Kier molecular flexibility index (Phi) is 27.5. The van der Waals surface area contributed by atoms with Gasteiger partial charge in [0.2, 0.25) is 0 Å². The fourth-order valence-electron chi connectivity index (χ4n) is 12.0. The summed E-state index contributed by atoms with van der Waals surface area (Å²) in [7, 11) is 1.39. The standard InChI is InChI=1S/C83H82O20/c1-56(66(97-79(87)63-42-24-9-25-43-63)54-95-77(85)61-38-20-7-21-39-61)71(67(52-90-2)98-80(88)64-44-26-10-27-45-64)102-82-74(92-49-58-32-14-4-15-33-58)70(84)72(69(100-82)55-96-78(86)62-40-22-8-23-41-62)103-83-76(94-51-60-36-18-6-19-37-60)75(93-50-59-34-16-5-17-35-59)73(101-81(89)65-46-28-11-29-47-65)68(99-83)53-91-48-57-30-12-3-13-31-57/h3-47,56,66-76,82-84H,48-55H2,1-2H3/t56?,66-,67-,68?,69?,70?,71?,72?,73?,74?,75?,76?,82?,83?/m1/s1. The quantitative estimate of drug-likeness (QED) is 0.0291. The second-order valence-corrected chi connectivity index (χ2v) is 24.7. The van der Waals surface area contributed by atoms with Crippen LogP contribution in [-0.2, 0) is 92.7 Å². The number of hydrogen-bond acceptors (Lipinski definition) is 20. The summed E-state index contributed by atoms with van der Waals surface area (Å²) in [4.78, 5) is 71.4. The van der Waals surface area contributed by atoms with Crippen LogP contribution in [0, 0.1) is 5.92 Å². The molecule has 20 nitrogen and oxygen atoms in total. The summed E-state index contributed by atoms with van der Waals surface area (Å²) in [6.45, 7) is -0.218. The fraction of sp³-hybridized carbons (Fsp3) is 0.289. The van der Waals surface area contributed by atoms with Crippen molar-refractivity contribution in [2.75, 3.05) is 33.5 Å². The minimum atomic E-state index is -1.85. The van der Waals surface area contributed by atoms with Crippen molar-refractivity contribution < 1.29 is 95.4 Å². The molecule has 14 atom stereocenters. The maximum absolute atomic E-state index is 14.5. The van der Waals surface area contributed by atoms with Crippen LogP contribution >= 0.6 is 0 Å². The third-order valence-electron chi connectivity index (χ3n) is 17.4. The lowest BCUT2D eigenvalue weighted by molar-refractivity contribution is -0.376. The van der Waals surface area contributed by atoms with E-state index in [4.69, 9.17) is 66.3 Å². The largest absolute Gasteiger partial charge is 0.459 e. The van der Waals surface area contributed by atoms with Crippen molar-refractivity contribution in [3.63, 3.8) is 0 Å². The summed E-state index contributed by atoms with van der Waals surface area (Å²) in [5.41, 5.74) is 3.99. The number of hydrogen-bond donors (Lipinski definition) is 1. The van der Waals surface area contributed by atoms with Crippen LogP contribution < -0.4 is 0 Å². The van der Waals surface area contributed by atoms with Crippen LogP contribution in [0.25, 0.3) is 0 Å². The zero-order valence-corrected chi connectivity index (χ0v) is 56.9. The first-order valence-corrected chi connectivity index (χ1v) is 34.1. The Morgan fingerprint density at radius 3 is 1.20 bits per heavy atom. The molecule has 12 unspecified atom stereocenters. The zero-order chi connectivity index (χ0) is 71.5. The van der Waals surface area contributed by atoms with Crippen molar-refractivity contribution in [3.8, 4) is 0 Å². The predicted molar refractivity (Wildman–Crippen MR) is 376 cm³/mol. The van der Waals surface area contributed by atoms with Crippen LogP contribution in [0.4, 0.5) is 0 Å². The molecular formula is C83H82O20. The summed E-state index contributed by atoms with van der Waals surface area (Å²) in [5.74, 6) is -4.92. The molecule has 2 aliphatic rings. The van der Waals surface area contributed by atoms with E-state index in [1.807, 2.05) is 121 Å². The molecule has 9 aromatic rings. The lowest BCUT2D eigenvalue weighted by Gasteiger charge is -2.49. The Bertz CT molecular complexity index is 4020. The molecular weight excluding hydrogens is 1320 g/mol. The molecule has 0 saturated carbocycles. The maximum Gasteiger partial charge on any atom is 0.338 e. The zero-order valence-electron chi connectivity index (χ0n) is 56.9. The number of benzene rings is 9. The summed E-state index contributed by atoms with van der Waals surface area (Å²) < 4.78 is 93.2. The van der Waals surface area contributed by atoms with E-state index < -0.39 is 129 Å². The van der Waals surface area contributed by atoms with Crippen LogP contribution in [0.15, 0.2) is 273 Å². The van der Waals surface area contributed by atoms with Gasteiger partial charge >= 0.3 is 29.8 Å². The Balaban J connectivity index is 1.02. The summed E-state index contributed by atoms with van der Waals surface area (Å²) in [6, 6.07) is 78.6. The third kappa shape index (κ3) is 21.1. The first kappa shape index (κ1) is 74.1. The van der Waals surface area contributed by atoms with E-state index in [0.29, 0.717) is 5.56 Å². The molecule has 103 heavy (non-hydrogen) atoms. The van der Waals surface area contributed by atoms with Crippen LogP contribution in [0.3, 0.4) is 0 Å². The van der Waals surface area contributed by atoms with Crippen LogP contribution in [0.5, 0.6) is 0 Å². The van der Waals surface area contributed by atoms with Gasteiger partial charge in [-0.25, -0.2) is 24.0 Å². The summed E-state index contributed by atoms with van der Waals surface area (Å²) >= 11 is 0. The highest BCUT2D eigenvalue weighted by atomic mass is 16.8. The smallest absolute Gasteiger partial charge is 0.338 e. The van der Waals surface area contributed by atoms with Gasteiger partial charge in [-0.3, -0.25) is 0 Å². The van der Waals surface area contributed by atoms with Crippen molar-refractivity contribution in [2.24, 2.45) is 5.92 Å². The molecule has 0 bridgehead atoms. The molecule has 2 aliphatic heterocycles. The highest BCUT2D eigenvalue weighted by Gasteiger charge is 2.56. The molecule has 9 aromatic carbocycles. The van der Waals surface area contributed by atoms with E-state index in [0.717, 1.165) is 16.7 Å². The first-order chi connectivity index (χ1) is 50.5. The topological polar surface area (TPSA) is 235 Å². The van der Waals surface area contributed by atoms with Crippen molar-refractivity contribution in [2.45, 2.75) is 113 Å². The average Bonchev–Trinajstić information content (AvgIpc) is 0.769. The molecule has 2 saturated heterocycles. The molecule has 0 spiro atoms. The molecule has 0 aliphatic carbocycles. The van der Waals surface area contributed by atoms with Gasteiger partial charge in [0.1, 0.15) is 68.1 Å². The number of methoxy groups -OCH3 is 1. The SMILES string of the molecule is COC[C@@H](OC(=O)c1ccccc1)C(OC1OC(COC(=O)c2ccccc2)C(OC2OC(COCc3ccccc3)C(OC(=O)c3ccccc3)C(OCc3ccccc3)C2OCc2ccccc2)C(O)C1OCc1ccccc1)C(C)[C@@H](COC(=O)c1ccccc1)OC(=O)c1ccccc1. The van der Waals surface area contributed by atoms with E-state index in [-0.39, 0.29) is 67.5 Å².